The van der Waals surface area contributed by atoms with Crippen LogP contribution in [0.3, 0.4) is 0 Å². The SMILES string of the molecule is COC1CCN(C(=O)N2CCC[C@H]2C(=O)O)C(C)C1. The van der Waals surface area contributed by atoms with Gasteiger partial charge in [-0.2, -0.15) is 0 Å². The normalized spacial score (nSPS) is 31.6. The van der Waals surface area contributed by atoms with E-state index in [2.05, 4.69) is 0 Å². The van der Waals surface area contributed by atoms with Crippen molar-refractivity contribution >= 4 is 12.0 Å². The number of hydrogen-bond donors (Lipinski definition) is 1. The highest BCUT2D eigenvalue weighted by molar-refractivity contribution is 5.83. The average Bonchev–Trinajstić information content (AvgIpc) is 2.87. The van der Waals surface area contributed by atoms with Gasteiger partial charge in [-0.3, -0.25) is 0 Å². The summed E-state index contributed by atoms with van der Waals surface area (Å²) < 4.78 is 5.33. The average molecular weight is 270 g/mol. The van der Waals surface area contributed by atoms with Gasteiger partial charge in [0.25, 0.3) is 0 Å². The van der Waals surface area contributed by atoms with Crippen LogP contribution in [0, 0.1) is 0 Å². The third-order valence-electron chi connectivity index (χ3n) is 4.19. The Morgan fingerprint density at radius 3 is 2.53 bits per heavy atom. The number of carboxylic acids is 1. The largest absolute Gasteiger partial charge is 0.480 e. The van der Waals surface area contributed by atoms with Gasteiger partial charge in [-0.25, -0.2) is 9.59 Å². The number of aliphatic carboxylic acids is 1. The fraction of sp³-hybridized carbons (Fsp3) is 0.846. The van der Waals surface area contributed by atoms with Gasteiger partial charge in [-0.15, -0.1) is 0 Å². The Morgan fingerprint density at radius 1 is 1.21 bits per heavy atom. The van der Waals surface area contributed by atoms with E-state index < -0.39 is 12.0 Å². The molecule has 6 nitrogen and oxygen atoms in total. The van der Waals surface area contributed by atoms with Gasteiger partial charge < -0.3 is 19.6 Å². The molecule has 19 heavy (non-hydrogen) atoms. The van der Waals surface area contributed by atoms with Crippen LogP contribution in [-0.4, -0.2) is 65.3 Å². The molecule has 0 spiro atoms. The third kappa shape index (κ3) is 2.83. The van der Waals surface area contributed by atoms with Crippen molar-refractivity contribution in [3.8, 4) is 0 Å². The molecule has 2 saturated heterocycles. The zero-order valence-corrected chi connectivity index (χ0v) is 11.5. The molecule has 108 valence electrons. The first kappa shape index (κ1) is 14.1. The number of hydrogen-bond acceptors (Lipinski definition) is 3. The minimum absolute atomic E-state index is 0.0984. The number of amides is 2. The van der Waals surface area contributed by atoms with Crippen LogP contribution in [-0.2, 0) is 9.53 Å². The molecule has 2 aliphatic heterocycles. The number of urea groups is 1. The van der Waals surface area contributed by atoms with E-state index in [1.54, 1.807) is 12.0 Å². The Hall–Kier alpha value is -1.30. The van der Waals surface area contributed by atoms with Crippen LogP contribution >= 0.6 is 0 Å². The van der Waals surface area contributed by atoms with E-state index in [0.717, 1.165) is 19.3 Å². The van der Waals surface area contributed by atoms with E-state index in [1.165, 1.54) is 4.90 Å². The molecule has 2 unspecified atom stereocenters. The predicted molar refractivity (Wildman–Crippen MR) is 69.0 cm³/mol. The highest BCUT2D eigenvalue weighted by Crippen LogP contribution is 2.25. The molecule has 3 atom stereocenters. The van der Waals surface area contributed by atoms with Crippen LogP contribution in [0.25, 0.3) is 0 Å². The van der Waals surface area contributed by atoms with E-state index in [0.29, 0.717) is 19.5 Å². The molecule has 0 aromatic heterocycles. The van der Waals surface area contributed by atoms with Gasteiger partial charge in [0.2, 0.25) is 0 Å². The molecule has 2 heterocycles. The highest BCUT2D eigenvalue weighted by atomic mass is 16.5. The summed E-state index contributed by atoms with van der Waals surface area (Å²) >= 11 is 0. The Kier molecular flexibility index (Phi) is 4.29. The molecule has 6 heteroatoms. The van der Waals surface area contributed by atoms with Crippen molar-refractivity contribution in [3.63, 3.8) is 0 Å². The third-order valence-corrected chi connectivity index (χ3v) is 4.19. The first-order valence-electron chi connectivity index (χ1n) is 6.87. The first-order valence-corrected chi connectivity index (χ1v) is 6.87. The molecule has 0 saturated carbocycles. The summed E-state index contributed by atoms with van der Waals surface area (Å²) in [4.78, 5) is 26.9. The van der Waals surface area contributed by atoms with Crippen LogP contribution < -0.4 is 0 Å². The number of likely N-dealkylation sites (tertiary alicyclic amines) is 2. The zero-order valence-electron chi connectivity index (χ0n) is 11.5. The maximum atomic E-state index is 12.5. The molecule has 1 N–H and O–H groups in total. The van der Waals surface area contributed by atoms with E-state index in [1.807, 2.05) is 6.92 Å². The maximum absolute atomic E-state index is 12.5. The van der Waals surface area contributed by atoms with Crippen molar-refractivity contribution in [3.05, 3.63) is 0 Å². The van der Waals surface area contributed by atoms with Crippen LogP contribution in [0.1, 0.15) is 32.6 Å². The lowest BCUT2D eigenvalue weighted by Crippen LogP contribution is -2.54. The number of piperidine rings is 1. The van der Waals surface area contributed by atoms with Gasteiger partial charge in [-0.05, 0) is 32.6 Å². The quantitative estimate of drug-likeness (QED) is 0.817. The second-order valence-corrected chi connectivity index (χ2v) is 5.40. The molecular formula is C13H22N2O4. The number of rotatable bonds is 2. The van der Waals surface area contributed by atoms with Gasteiger partial charge in [0.05, 0.1) is 6.10 Å². The van der Waals surface area contributed by atoms with Crippen LogP contribution in [0.15, 0.2) is 0 Å². The molecule has 0 aliphatic carbocycles. The van der Waals surface area contributed by atoms with Crippen molar-refractivity contribution in [2.75, 3.05) is 20.2 Å². The maximum Gasteiger partial charge on any atom is 0.326 e. The standard InChI is InChI=1S/C13H22N2O4/c1-9-8-10(19-2)5-7-14(9)13(18)15-6-3-4-11(15)12(16)17/h9-11H,3-8H2,1-2H3,(H,16,17)/t9?,10?,11-/m0/s1. The topological polar surface area (TPSA) is 70.1 Å². The molecular weight excluding hydrogens is 248 g/mol. The Balaban J connectivity index is 2.01. The minimum atomic E-state index is -0.898. The van der Waals surface area contributed by atoms with Crippen molar-refractivity contribution in [2.45, 2.75) is 50.8 Å². The number of methoxy groups -OCH3 is 1. The predicted octanol–water partition coefficient (Wildman–Crippen LogP) is 1.15. The second-order valence-electron chi connectivity index (χ2n) is 5.40. The summed E-state index contributed by atoms with van der Waals surface area (Å²) in [5.41, 5.74) is 0. The lowest BCUT2D eigenvalue weighted by atomic mass is 10.0. The molecule has 0 bridgehead atoms. The molecule has 0 aromatic rings. The van der Waals surface area contributed by atoms with E-state index in [-0.39, 0.29) is 18.2 Å². The Morgan fingerprint density at radius 2 is 1.95 bits per heavy atom. The van der Waals surface area contributed by atoms with Gasteiger partial charge in [0.15, 0.2) is 0 Å². The summed E-state index contributed by atoms with van der Waals surface area (Å²) in [6.07, 6.45) is 3.16. The molecule has 0 radical (unpaired) electrons. The molecule has 0 aromatic carbocycles. The number of carbonyl (C=O) groups excluding carboxylic acids is 1. The zero-order chi connectivity index (χ0) is 14.0. The van der Waals surface area contributed by atoms with Gasteiger partial charge in [0.1, 0.15) is 6.04 Å². The smallest absolute Gasteiger partial charge is 0.326 e. The summed E-state index contributed by atoms with van der Waals surface area (Å²) in [7, 11) is 1.69. The number of ether oxygens (including phenoxy) is 1. The molecule has 2 fully saturated rings. The van der Waals surface area contributed by atoms with Crippen molar-refractivity contribution in [1.82, 2.24) is 9.80 Å². The Bertz CT molecular complexity index is 361. The fourth-order valence-corrected chi connectivity index (χ4v) is 3.04. The van der Waals surface area contributed by atoms with E-state index in [9.17, 15) is 9.59 Å². The van der Waals surface area contributed by atoms with Gasteiger partial charge in [0, 0.05) is 26.2 Å². The summed E-state index contributed by atoms with van der Waals surface area (Å²) in [6.45, 7) is 3.18. The summed E-state index contributed by atoms with van der Waals surface area (Å²) in [5.74, 6) is -0.898. The number of carboxylic acid groups (broad SMARTS) is 1. The monoisotopic (exact) mass is 270 g/mol. The highest BCUT2D eigenvalue weighted by Gasteiger charge is 2.39. The molecule has 2 aliphatic rings. The lowest BCUT2D eigenvalue weighted by molar-refractivity contribution is -0.141. The summed E-state index contributed by atoms with van der Waals surface area (Å²) in [5, 5.41) is 9.14. The molecule has 2 amide bonds. The van der Waals surface area contributed by atoms with Gasteiger partial charge in [-0.1, -0.05) is 0 Å². The lowest BCUT2D eigenvalue weighted by Gasteiger charge is -2.39. The van der Waals surface area contributed by atoms with Crippen LogP contribution in [0.2, 0.25) is 0 Å². The van der Waals surface area contributed by atoms with Crippen LogP contribution in [0.5, 0.6) is 0 Å². The number of nitrogens with zero attached hydrogens (tertiary/aromatic N) is 2. The molecule has 2 rings (SSSR count). The van der Waals surface area contributed by atoms with Crippen molar-refractivity contribution in [1.29, 1.82) is 0 Å². The number of carbonyl (C=O) groups is 2. The second kappa shape index (κ2) is 5.77. The van der Waals surface area contributed by atoms with E-state index >= 15 is 0 Å². The van der Waals surface area contributed by atoms with Crippen LogP contribution in [0.4, 0.5) is 4.79 Å². The van der Waals surface area contributed by atoms with Crippen molar-refractivity contribution in [2.24, 2.45) is 0 Å². The van der Waals surface area contributed by atoms with E-state index in [4.69, 9.17) is 9.84 Å². The van der Waals surface area contributed by atoms with Crippen molar-refractivity contribution < 1.29 is 19.4 Å². The summed E-state index contributed by atoms with van der Waals surface area (Å²) in [6, 6.07) is -0.687. The Labute approximate surface area is 113 Å². The van der Waals surface area contributed by atoms with Gasteiger partial charge >= 0.3 is 12.0 Å². The minimum Gasteiger partial charge on any atom is -0.480 e. The first-order chi connectivity index (χ1) is 9.04. The fourth-order valence-electron chi connectivity index (χ4n) is 3.04.